The molecule has 0 atom stereocenters. The summed E-state index contributed by atoms with van der Waals surface area (Å²) in [6.45, 7) is 2.09. The van der Waals surface area contributed by atoms with Crippen molar-refractivity contribution in [3.05, 3.63) is 52.0 Å². The van der Waals surface area contributed by atoms with E-state index < -0.39 is 0 Å². The number of hydrogen-bond acceptors (Lipinski definition) is 3. The fourth-order valence-corrected chi connectivity index (χ4v) is 2.87. The molecule has 0 amide bonds. The Morgan fingerprint density at radius 2 is 2.28 bits per heavy atom. The zero-order chi connectivity index (χ0) is 12.5. The molecule has 0 saturated heterocycles. The molecule has 0 saturated carbocycles. The van der Waals surface area contributed by atoms with E-state index in [1.165, 1.54) is 4.88 Å². The lowest BCUT2D eigenvalue weighted by Gasteiger charge is -1.95. The van der Waals surface area contributed by atoms with E-state index in [1.807, 2.05) is 24.3 Å². The smallest absolute Gasteiger partial charge is 0.205 e. The van der Waals surface area contributed by atoms with Crippen molar-refractivity contribution in [3.63, 3.8) is 0 Å². The van der Waals surface area contributed by atoms with Gasteiger partial charge in [-0.05, 0) is 30.7 Å². The van der Waals surface area contributed by atoms with Gasteiger partial charge in [-0.15, -0.1) is 11.3 Å². The van der Waals surface area contributed by atoms with Gasteiger partial charge in [-0.1, -0.05) is 6.92 Å². The minimum atomic E-state index is 0.0685. The Morgan fingerprint density at radius 3 is 3.06 bits per heavy atom. The average molecular weight is 256 g/mol. The lowest BCUT2D eigenvalue weighted by molar-refractivity contribution is 0.104. The Kier molecular flexibility index (Phi) is 2.72. The number of pyridine rings is 1. The summed E-state index contributed by atoms with van der Waals surface area (Å²) >= 11 is 1.56. The van der Waals surface area contributed by atoms with Crippen molar-refractivity contribution in [1.82, 2.24) is 9.97 Å². The number of carbonyl (C=O) groups excluding carboxylic acids is 1. The highest BCUT2D eigenvalue weighted by Crippen LogP contribution is 2.24. The molecule has 0 aliphatic rings. The highest BCUT2D eigenvalue weighted by Gasteiger charge is 2.16. The van der Waals surface area contributed by atoms with Crippen LogP contribution in [0.15, 0.2) is 36.7 Å². The molecule has 0 radical (unpaired) electrons. The second kappa shape index (κ2) is 4.38. The molecule has 3 aromatic rings. The number of aromatic nitrogens is 2. The monoisotopic (exact) mass is 256 g/mol. The summed E-state index contributed by atoms with van der Waals surface area (Å²) in [5.74, 6) is 0.0685. The first kappa shape index (κ1) is 11.2. The minimum absolute atomic E-state index is 0.0685. The Bertz CT molecular complexity index is 711. The van der Waals surface area contributed by atoms with E-state index in [-0.39, 0.29) is 5.78 Å². The van der Waals surface area contributed by atoms with Crippen molar-refractivity contribution in [2.45, 2.75) is 13.3 Å². The summed E-state index contributed by atoms with van der Waals surface area (Å²) in [6, 6.07) is 7.69. The van der Waals surface area contributed by atoms with Gasteiger partial charge < -0.3 is 4.98 Å². The summed E-state index contributed by atoms with van der Waals surface area (Å²) in [4.78, 5) is 21.7. The van der Waals surface area contributed by atoms with Crippen LogP contribution in [-0.2, 0) is 6.42 Å². The van der Waals surface area contributed by atoms with Crippen LogP contribution in [0.2, 0.25) is 0 Å². The number of nitrogens with one attached hydrogen (secondary N) is 1. The third-order valence-electron chi connectivity index (χ3n) is 2.93. The molecule has 90 valence electrons. The molecule has 0 fully saturated rings. The first-order chi connectivity index (χ1) is 8.79. The minimum Gasteiger partial charge on any atom is -0.345 e. The van der Waals surface area contributed by atoms with Gasteiger partial charge in [0.1, 0.15) is 5.65 Å². The van der Waals surface area contributed by atoms with Crippen molar-refractivity contribution in [2.24, 2.45) is 0 Å². The lowest BCUT2D eigenvalue weighted by Crippen LogP contribution is -1.96. The standard InChI is InChI=1S/C14H12N2OS/c1-2-9-5-6-12(18-9)13(17)11-8-16-14-10(11)4-3-7-15-14/h3-8H,2H2,1H3,(H,15,16). The first-order valence-corrected chi connectivity index (χ1v) is 6.66. The largest absolute Gasteiger partial charge is 0.345 e. The normalized spacial score (nSPS) is 10.9. The lowest BCUT2D eigenvalue weighted by atomic mass is 10.1. The molecular weight excluding hydrogens is 244 g/mol. The van der Waals surface area contributed by atoms with Crippen LogP contribution in [0.4, 0.5) is 0 Å². The summed E-state index contributed by atoms with van der Waals surface area (Å²) in [6.07, 6.45) is 4.42. The molecule has 1 N–H and O–H groups in total. The van der Waals surface area contributed by atoms with Gasteiger partial charge in [0.05, 0.1) is 10.4 Å². The average Bonchev–Trinajstić information content (AvgIpc) is 3.04. The summed E-state index contributed by atoms with van der Waals surface area (Å²) < 4.78 is 0. The molecule has 0 aliphatic carbocycles. The van der Waals surface area contributed by atoms with Crippen LogP contribution in [0.25, 0.3) is 11.0 Å². The van der Waals surface area contributed by atoms with Crippen LogP contribution in [0.5, 0.6) is 0 Å². The number of hydrogen-bond donors (Lipinski definition) is 1. The predicted molar refractivity (Wildman–Crippen MR) is 73.2 cm³/mol. The fraction of sp³-hybridized carbons (Fsp3) is 0.143. The highest BCUT2D eigenvalue weighted by molar-refractivity contribution is 7.14. The molecular formula is C14H12N2OS. The number of rotatable bonds is 3. The second-order valence-corrected chi connectivity index (χ2v) is 5.22. The molecule has 0 aliphatic heterocycles. The summed E-state index contributed by atoms with van der Waals surface area (Å²) in [5, 5.41) is 0.883. The van der Waals surface area contributed by atoms with Crippen molar-refractivity contribution in [2.75, 3.05) is 0 Å². The second-order valence-electron chi connectivity index (χ2n) is 4.05. The fourth-order valence-electron chi connectivity index (χ4n) is 1.97. The van der Waals surface area contributed by atoms with E-state index in [1.54, 1.807) is 23.7 Å². The number of fused-ring (bicyclic) bond motifs is 1. The van der Waals surface area contributed by atoms with Crippen molar-refractivity contribution in [3.8, 4) is 0 Å². The molecule has 0 bridgehead atoms. The zero-order valence-corrected chi connectivity index (χ0v) is 10.8. The van der Waals surface area contributed by atoms with Crippen LogP contribution in [-0.4, -0.2) is 15.8 Å². The maximum absolute atomic E-state index is 12.4. The zero-order valence-electron chi connectivity index (χ0n) is 9.93. The van der Waals surface area contributed by atoms with Gasteiger partial charge in [0.15, 0.2) is 0 Å². The first-order valence-electron chi connectivity index (χ1n) is 5.85. The van der Waals surface area contributed by atoms with E-state index in [4.69, 9.17) is 0 Å². The van der Waals surface area contributed by atoms with E-state index in [0.29, 0.717) is 5.56 Å². The number of aromatic amines is 1. The topological polar surface area (TPSA) is 45.8 Å². The number of nitrogens with zero attached hydrogens (tertiary/aromatic N) is 1. The van der Waals surface area contributed by atoms with Crippen molar-refractivity contribution in [1.29, 1.82) is 0 Å². The summed E-state index contributed by atoms with van der Waals surface area (Å²) in [7, 11) is 0. The number of thiophene rings is 1. The van der Waals surface area contributed by atoms with Crippen LogP contribution >= 0.6 is 11.3 Å². The Morgan fingerprint density at radius 1 is 1.39 bits per heavy atom. The van der Waals surface area contributed by atoms with E-state index >= 15 is 0 Å². The number of aryl methyl sites for hydroxylation is 1. The van der Waals surface area contributed by atoms with Crippen LogP contribution < -0.4 is 0 Å². The van der Waals surface area contributed by atoms with Gasteiger partial charge in [-0.2, -0.15) is 0 Å². The maximum atomic E-state index is 12.4. The number of H-pyrrole nitrogens is 1. The van der Waals surface area contributed by atoms with Crippen LogP contribution in [0.3, 0.4) is 0 Å². The molecule has 0 spiro atoms. The molecule has 0 unspecified atom stereocenters. The molecule has 3 heterocycles. The van der Waals surface area contributed by atoms with Crippen LogP contribution in [0.1, 0.15) is 27.0 Å². The molecule has 3 aromatic heterocycles. The summed E-state index contributed by atoms with van der Waals surface area (Å²) in [5.41, 5.74) is 1.45. The third-order valence-corrected chi connectivity index (χ3v) is 4.16. The van der Waals surface area contributed by atoms with Gasteiger partial charge in [0, 0.05) is 22.7 Å². The Labute approximate surface area is 108 Å². The maximum Gasteiger partial charge on any atom is 0.205 e. The molecule has 0 aromatic carbocycles. The molecule has 4 heteroatoms. The number of carbonyl (C=O) groups is 1. The van der Waals surface area contributed by atoms with Crippen molar-refractivity contribution >= 4 is 28.2 Å². The van der Waals surface area contributed by atoms with E-state index in [9.17, 15) is 4.79 Å². The molecule has 3 nitrogen and oxygen atoms in total. The van der Waals surface area contributed by atoms with Gasteiger partial charge in [0.25, 0.3) is 0 Å². The SMILES string of the molecule is CCc1ccc(C(=O)c2c[nH]c3ncccc23)s1. The van der Waals surface area contributed by atoms with Gasteiger partial charge in [-0.3, -0.25) is 4.79 Å². The van der Waals surface area contributed by atoms with E-state index in [2.05, 4.69) is 16.9 Å². The third kappa shape index (κ3) is 1.75. The number of ketones is 1. The predicted octanol–water partition coefficient (Wildman–Crippen LogP) is 3.42. The quantitative estimate of drug-likeness (QED) is 0.730. The van der Waals surface area contributed by atoms with Gasteiger partial charge in [-0.25, -0.2) is 4.98 Å². The molecule has 3 rings (SSSR count). The van der Waals surface area contributed by atoms with Gasteiger partial charge in [0.2, 0.25) is 5.78 Å². The Hall–Kier alpha value is -1.94. The van der Waals surface area contributed by atoms with Crippen LogP contribution in [0, 0.1) is 0 Å². The van der Waals surface area contributed by atoms with Crippen molar-refractivity contribution < 1.29 is 4.79 Å². The Balaban J connectivity index is 2.06. The molecule has 18 heavy (non-hydrogen) atoms. The van der Waals surface area contributed by atoms with E-state index in [0.717, 1.165) is 22.3 Å². The van der Waals surface area contributed by atoms with Gasteiger partial charge >= 0.3 is 0 Å². The highest BCUT2D eigenvalue weighted by atomic mass is 32.1.